The van der Waals surface area contributed by atoms with Gasteiger partial charge in [-0.1, -0.05) is 32.9 Å². The van der Waals surface area contributed by atoms with E-state index < -0.39 is 0 Å². The number of carbonyl (C=O) groups is 1. The van der Waals surface area contributed by atoms with Crippen molar-refractivity contribution in [3.63, 3.8) is 0 Å². The van der Waals surface area contributed by atoms with Crippen LogP contribution in [0.4, 0.5) is 0 Å². The van der Waals surface area contributed by atoms with Gasteiger partial charge in [0, 0.05) is 21.9 Å². The van der Waals surface area contributed by atoms with Crippen LogP contribution < -0.4 is 0 Å². The lowest BCUT2D eigenvalue weighted by atomic mass is 10.2. The van der Waals surface area contributed by atoms with Gasteiger partial charge in [0.15, 0.2) is 0 Å². The summed E-state index contributed by atoms with van der Waals surface area (Å²) < 4.78 is 0.255. The summed E-state index contributed by atoms with van der Waals surface area (Å²) in [6.45, 7) is 7.49. The van der Waals surface area contributed by atoms with E-state index in [4.69, 9.17) is 0 Å². The van der Waals surface area contributed by atoms with Crippen LogP contribution in [0.2, 0.25) is 0 Å². The van der Waals surface area contributed by atoms with Gasteiger partial charge in [-0.25, -0.2) is 0 Å². The highest BCUT2D eigenvalue weighted by molar-refractivity contribution is 8.01. The Bertz CT molecular complexity index is 481. The van der Waals surface area contributed by atoms with Crippen molar-refractivity contribution >= 4 is 41.2 Å². The number of hydrogen-bond acceptors (Lipinski definition) is 4. The molecule has 1 heterocycles. The maximum Gasteiger partial charge on any atom is 0.233 e. The van der Waals surface area contributed by atoms with E-state index in [-0.39, 0.29) is 16.0 Å². The first-order chi connectivity index (χ1) is 9.90. The lowest BCUT2D eigenvalue weighted by molar-refractivity contribution is -0.127. The van der Waals surface area contributed by atoms with Crippen LogP contribution in [-0.4, -0.2) is 39.9 Å². The predicted molar refractivity (Wildman–Crippen MR) is 97.3 cm³/mol. The average molecular weight is 342 g/mol. The zero-order valence-corrected chi connectivity index (χ0v) is 15.5. The van der Waals surface area contributed by atoms with E-state index in [1.54, 1.807) is 23.5 Å². The van der Waals surface area contributed by atoms with E-state index in [9.17, 15) is 4.79 Å². The summed E-state index contributed by atoms with van der Waals surface area (Å²) >= 11 is 5.41. The summed E-state index contributed by atoms with van der Waals surface area (Å²) in [5.74, 6) is 1.87. The molecule has 1 unspecified atom stereocenters. The molecule has 116 valence electrons. The Morgan fingerprint density at radius 3 is 2.52 bits per heavy atom. The number of nitrogens with zero attached hydrogens (tertiary/aromatic N) is 1. The van der Waals surface area contributed by atoms with Crippen molar-refractivity contribution in [2.45, 2.75) is 35.8 Å². The molecule has 1 aromatic rings. The van der Waals surface area contributed by atoms with Gasteiger partial charge in [0.25, 0.3) is 0 Å². The topological polar surface area (TPSA) is 20.3 Å². The van der Waals surface area contributed by atoms with Crippen LogP contribution in [0.1, 0.15) is 31.7 Å². The van der Waals surface area contributed by atoms with Gasteiger partial charge in [-0.3, -0.25) is 4.79 Å². The Hall–Kier alpha value is -0.260. The molecule has 1 atom stereocenters. The Morgan fingerprint density at radius 2 is 1.95 bits per heavy atom. The number of hydrogen-bond donors (Lipinski definition) is 0. The third kappa shape index (κ3) is 4.86. The van der Waals surface area contributed by atoms with Crippen LogP contribution in [0, 0.1) is 0 Å². The van der Waals surface area contributed by atoms with E-state index in [0.717, 1.165) is 12.3 Å². The van der Waals surface area contributed by atoms with Gasteiger partial charge >= 0.3 is 0 Å². The maximum absolute atomic E-state index is 12.1. The van der Waals surface area contributed by atoms with Crippen LogP contribution >= 0.6 is 35.3 Å². The van der Waals surface area contributed by atoms with Crippen molar-refractivity contribution in [3.8, 4) is 0 Å². The fraction of sp³-hybridized carbons (Fsp3) is 0.562. The van der Waals surface area contributed by atoms with E-state index >= 15 is 0 Å². The van der Waals surface area contributed by atoms with Gasteiger partial charge in [0.1, 0.15) is 5.37 Å². The van der Waals surface area contributed by atoms with Gasteiger partial charge in [-0.05, 0) is 24.0 Å². The van der Waals surface area contributed by atoms with Crippen LogP contribution in [0.5, 0.6) is 0 Å². The largest absolute Gasteiger partial charge is 0.325 e. The number of thioether (sulfide) groups is 3. The van der Waals surface area contributed by atoms with Crippen LogP contribution in [-0.2, 0) is 4.79 Å². The molecule has 1 fully saturated rings. The van der Waals surface area contributed by atoms with E-state index in [2.05, 4.69) is 51.3 Å². The second-order valence-corrected chi connectivity index (χ2v) is 9.85. The zero-order chi connectivity index (χ0) is 15.5. The lowest BCUT2D eigenvalue weighted by Gasteiger charge is -2.26. The first-order valence-corrected chi connectivity index (χ1v) is 10.4. The fourth-order valence-corrected chi connectivity index (χ4v) is 4.72. The van der Waals surface area contributed by atoms with Gasteiger partial charge in [-0.15, -0.1) is 23.5 Å². The Morgan fingerprint density at radius 1 is 1.29 bits per heavy atom. The van der Waals surface area contributed by atoms with Crippen LogP contribution in [0.15, 0.2) is 29.2 Å². The van der Waals surface area contributed by atoms with Crippen molar-refractivity contribution in [1.29, 1.82) is 0 Å². The maximum atomic E-state index is 12.1. The van der Waals surface area contributed by atoms with E-state index in [1.165, 1.54) is 10.5 Å². The molecule has 0 radical (unpaired) electrons. The molecular formula is C16H23NOS3. The summed E-state index contributed by atoms with van der Waals surface area (Å²) in [5, 5.41) is 0.189. The summed E-state index contributed by atoms with van der Waals surface area (Å²) in [6, 6.07) is 8.61. The highest BCUT2D eigenvalue weighted by Crippen LogP contribution is 2.39. The molecule has 1 saturated heterocycles. The van der Waals surface area contributed by atoms with Crippen molar-refractivity contribution in [3.05, 3.63) is 29.8 Å². The molecule has 1 aromatic carbocycles. The molecule has 0 N–H and O–H groups in total. The minimum Gasteiger partial charge on any atom is -0.325 e. The molecule has 21 heavy (non-hydrogen) atoms. The van der Waals surface area contributed by atoms with Crippen molar-refractivity contribution in [2.24, 2.45) is 0 Å². The lowest BCUT2D eigenvalue weighted by Crippen LogP contribution is -2.31. The van der Waals surface area contributed by atoms with Gasteiger partial charge in [0.05, 0.1) is 5.75 Å². The van der Waals surface area contributed by atoms with Gasteiger partial charge < -0.3 is 4.90 Å². The molecule has 0 bridgehead atoms. The third-order valence-corrected chi connectivity index (χ3v) is 6.49. The average Bonchev–Trinajstić information content (AvgIpc) is 2.79. The molecule has 0 saturated carbocycles. The standard InChI is InChI=1S/C16H23NOS3/c1-16(2,3)21-10-9-17-14(18)11-20-15(17)12-5-7-13(19-4)8-6-12/h5-8,15H,9-11H2,1-4H3. The molecule has 0 spiro atoms. The molecule has 5 heteroatoms. The van der Waals surface area contributed by atoms with Gasteiger partial charge in [-0.2, -0.15) is 11.8 Å². The number of amides is 1. The summed E-state index contributed by atoms with van der Waals surface area (Å²) in [5.41, 5.74) is 1.24. The third-order valence-electron chi connectivity index (χ3n) is 3.24. The molecule has 0 aliphatic carbocycles. The second-order valence-electron chi connectivity index (χ2n) is 5.98. The molecule has 1 amide bonds. The SMILES string of the molecule is CSc1ccc(C2SCC(=O)N2CCSC(C)(C)C)cc1. The number of rotatable bonds is 5. The smallest absolute Gasteiger partial charge is 0.233 e. The normalized spacial score (nSPS) is 19.3. The van der Waals surface area contributed by atoms with Gasteiger partial charge in [0.2, 0.25) is 5.91 Å². The number of carbonyl (C=O) groups excluding carboxylic acids is 1. The second kappa shape index (κ2) is 7.34. The van der Waals surface area contributed by atoms with E-state index in [0.29, 0.717) is 5.75 Å². The molecule has 2 nitrogen and oxygen atoms in total. The summed E-state index contributed by atoms with van der Waals surface area (Å²) in [4.78, 5) is 15.4. The van der Waals surface area contributed by atoms with Crippen molar-refractivity contribution in [2.75, 3.05) is 24.3 Å². The Kier molecular flexibility index (Phi) is 5.97. The quantitative estimate of drug-likeness (QED) is 0.734. The van der Waals surface area contributed by atoms with E-state index in [1.807, 2.05) is 16.7 Å². The Labute approximate surface area is 140 Å². The van der Waals surface area contributed by atoms with Crippen LogP contribution in [0.3, 0.4) is 0 Å². The first kappa shape index (κ1) is 17.1. The Balaban J connectivity index is 2.01. The fourth-order valence-electron chi connectivity index (χ4n) is 2.19. The molecule has 1 aliphatic rings. The highest BCUT2D eigenvalue weighted by atomic mass is 32.2. The van der Waals surface area contributed by atoms with Crippen molar-refractivity contribution in [1.82, 2.24) is 4.90 Å². The molecule has 1 aliphatic heterocycles. The molecular weight excluding hydrogens is 318 g/mol. The predicted octanol–water partition coefficient (Wildman–Crippen LogP) is 4.51. The molecule has 2 rings (SSSR count). The summed E-state index contributed by atoms with van der Waals surface area (Å²) in [6.07, 6.45) is 2.08. The van der Waals surface area contributed by atoms with Crippen LogP contribution in [0.25, 0.3) is 0 Å². The monoisotopic (exact) mass is 341 g/mol. The minimum atomic E-state index is 0.189. The molecule has 0 aromatic heterocycles. The highest BCUT2D eigenvalue weighted by Gasteiger charge is 2.32. The van der Waals surface area contributed by atoms with Crippen molar-refractivity contribution < 1.29 is 4.79 Å². The number of benzene rings is 1. The first-order valence-electron chi connectivity index (χ1n) is 7.10. The summed E-state index contributed by atoms with van der Waals surface area (Å²) in [7, 11) is 0. The minimum absolute atomic E-state index is 0.189. The zero-order valence-electron chi connectivity index (χ0n) is 13.1.